The number of fused-ring (bicyclic) bond motifs is 5. The number of benzene rings is 6. The van der Waals surface area contributed by atoms with Gasteiger partial charge in [0.2, 0.25) is 0 Å². The summed E-state index contributed by atoms with van der Waals surface area (Å²) in [6.45, 7) is 0. The number of pyridine rings is 1. The van der Waals surface area contributed by atoms with Crippen molar-refractivity contribution in [2.45, 2.75) is 0 Å². The maximum Gasteiger partial charge on any atom is 0.164 e. The average molecular weight is 537 g/mol. The molecule has 0 unspecified atom stereocenters. The molecule has 2 heterocycles. The normalized spacial score (nSPS) is 11.3. The summed E-state index contributed by atoms with van der Waals surface area (Å²) in [5, 5.41) is 7.18. The molecule has 0 aliphatic rings. The van der Waals surface area contributed by atoms with E-state index < -0.39 is 0 Å². The summed E-state index contributed by atoms with van der Waals surface area (Å²) in [4.78, 5) is 19.4. The molecule has 0 fully saturated rings. The van der Waals surface area contributed by atoms with Crippen LogP contribution in [-0.2, 0) is 0 Å². The van der Waals surface area contributed by atoms with Gasteiger partial charge in [-0.25, -0.2) is 15.0 Å². The van der Waals surface area contributed by atoms with Crippen molar-refractivity contribution in [2.24, 2.45) is 0 Å². The molecule has 42 heavy (non-hydrogen) atoms. The largest absolute Gasteiger partial charge is 0.264 e. The van der Waals surface area contributed by atoms with E-state index in [4.69, 9.17) is 15.0 Å². The minimum Gasteiger partial charge on any atom is -0.264 e. The van der Waals surface area contributed by atoms with Crippen LogP contribution in [0.1, 0.15) is 0 Å². The van der Waals surface area contributed by atoms with Gasteiger partial charge in [0.15, 0.2) is 17.5 Å². The van der Waals surface area contributed by atoms with E-state index in [9.17, 15) is 0 Å². The molecule has 0 saturated carbocycles. The molecule has 4 nitrogen and oxygen atoms in total. The second-order valence-electron chi connectivity index (χ2n) is 10.3. The topological polar surface area (TPSA) is 51.6 Å². The lowest BCUT2D eigenvalue weighted by atomic mass is 9.93. The molecule has 0 aliphatic heterocycles. The molecule has 0 amide bonds. The third kappa shape index (κ3) is 4.18. The lowest BCUT2D eigenvalue weighted by Gasteiger charge is -2.14. The summed E-state index contributed by atoms with van der Waals surface area (Å²) in [6.07, 6.45) is 3.66. The third-order valence-electron chi connectivity index (χ3n) is 7.79. The molecule has 0 spiro atoms. The van der Waals surface area contributed by atoms with Gasteiger partial charge in [-0.2, -0.15) is 0 Å². The first-order chi connectivity index (χ1) is 20.8. The van der Waals surface area contributed by atoms with E-state index in [1.807, 2.05) is 42.6 Å². The van der Waals surface area contributed by atoms with Crippen LogP contribution in [0.4, 0.5) is 0 Å². The maximum atomic E-state index is 5.09. The van der Waals surface area contributed by atoms with Crippen LogP contribution >= 0.6 is 0 Å². The van der Waals surface area contributed by atoms with Gasteiger partial charge in [-0.15, -0.1) is 0 Å². The van der Waals surface area contributed by atoms with Crippen molar-refractivity contribution in [2.75, 3.05) is 0 Å². The molecule has 8 rings (SSSR count). The van der Waals surface area contributed by atoms with Gasteiger partial charge in [0.05, 0.1) is 0 Å². The van der Waals surface area contributed by atoms with E-state index in [0.717, 1.165) is 38.6 Å². The SMILES string of the molecule is c1ccc(-c2nc(-c3ccc(-c4cccnc4)cc3)nc(-c3cc4ccc5ccccc5c4c4ccccc34)n2)cc1. The van der Waals surface area contributed by atoms with Gasteiger partial charge < -0.3 is 0 Å². The van der Waals surface area contributed by atoms with Crippen molar-refractivity contribution in [3.8, 4) is 45.3 Å². The summed E-state index contributed by atoms with van der Waals surface area (Å²) in [7, 11) is 0. The van der Waals surface area contributed by atoms with Gasteiger partial charge in [-0.05, 0) is 55.6 Å². The van der Waals surface area contributed by atoms with Crippen LogP contribution in [0.15, 0.2) is 146 Å². The molecule has 0 aliphatic carbocycles. The first kappa shape index (κ1) is 24.1. The average Bonchev–Trinajstić information content (AvgIpc) is 3.08. The zero-order valence-electron chi connectivity index (χ0n) is 22.6. The molecule has 0 N–H and O–H groups in total. The van der Waals surface area contributed by atoms with Crippen molar-refractivity contribution >= 4 is 32.3 Å². The standard InChI is InChI=1S/C38H24N4/c1-2-10-27(11-3-1)36-40-37(28-19-16-25(17-20-28)30-12-8-22-39-24-30)42-38(41-36)34-23-29-21-18-26-9-4-5-13-31(26)35(29)33-15-7-6-14-32(33)34/h1-24H. The van der Waals surface area contributed by atoms with Crippen LogP contribution in [0.2, 0.25) is 0 Å². The number of hydrogen-bond acceptors (Lipinski definition) is 4. The molecular formula is C38H24N4. The predicted octanol–water partition coefficient (Wildman–Crippen LogP) is 9.39. The molecule has 0 atom stereocenters. The van der Waals surface area contributed by atoms with Crippen LogP contribution in [0.5, 0.6) is 0 Å². The second-order valence-corrected chi connectivity index (χ2v) is 10.3. The summed E-state index contributed by atoms with van der Waals surface area (Å²) < 4.78 is 0. The Balaban J connectivity index is 1.36. The molecule has 8 aromatic rings. The fourth-order valence-corrected chi connectivity index (χ4v) is 5.75. The maximum absolute atomic E-state index is 5.09. The molecule has 0 bridgehead atoms. The van der Waals surface area contributed by atoms with Crippen molar-refractivity contribution in [3.05, 3.63) is 146 Å². The number of rotatable bonds is 4. The lowest BCUT2D eigenvalue weighted by molar-refractivity contribution is 1.08. The minimum absolute atomic E-state index is 0.638. The first-order valence-electron chi connectivity index (χ1n) is 14.0. The summed E-state index contributed by atoms with van der Waals surface area (Å²) in [5.41, 5.74) is 5.03. The number of aromatic nitrogens is 4. The van der Waals surface area contributed by atoms with Crippen molar-refractivity contribution in [1.82, 2.24) is 19.9 Å². The smallest absolute Gasteiger partial charge is 0.164 e. The molecular weight excluding hydrogens is 512 g/mol. The van der Waals surface area contributed by atoms with E-state index in [1.165, 1.54) is 21.5 Å². The van der Waals surface area contributed by atoms with Crippen LogP contribution in [0.25, 0.3) is 77.6 Å². The highest BCUT2D eigenvalue weighted by molar-refractivity contribution is 6.23. The Hall–Kier alpha value is -5.74. The Morgan fingerprint density at radius 1 is 0.381 bits per heavy atom. The van der Waals surface area contributed by atoms with Gasteiger partial charge in [-0.1, -0.05) is 121 Å². The van der Waals surface area contributed by atoms with Gasteiger partial charge in [0, 0.05) is 29.1 Å². The Morgan fingerprint density at radius 2 is 0.976 bits per heavy atom. The molecule has 4 heteroatoms. The minimum atomic E-state index is 0.638. The predicted molar refractivity (Wildman–Crippen MR) is 172 cm³/mol. The van der Waals surface area contributed by atoms with Gasteiger partial charge in [-0.3, -0.25) is 4.98 Å². The Labute approximate surface area is 243 Å². The Kier molecular flexibility index (Phi) is 5.75. The van der Waals surface area contributed by atoms with Crippen LogP contribution in [0, 0.1) is 0 Å². The molecule has 196 valence electrons. The zero-order valence-corrected chi connectivity index (χ0v) is 22.6. The fraction of sp³-hybridized carbons (Fsp3) is 0. The van der Waals surface area contributed by atoms with E-state index in [0.29, 0.717) is 17.5 Å². The summed E-state index contributed by atoms with van der Waals surface area (Å²) in [6, 6.07) is 46.2. The highest BCUT2D eigenvalue weighted by Gasteiger charge is 2.17. The highest BCUT2D eigenvalue weighted by Crippen LogP contribution is 2.38. The van der Waals surface area contributed by atoms with E-state index >= 15 is 0 Å². The number of hydrogen-bond donors (Lipinski definition) is 0. The Morgan fingerprint density at radius 3 is 1.74 bits per heavy atom. The van der Waals surface area contributed by atoms with Crippen molar-refractivity contribution in [1.29, 1.82) is 0 Å². The summed E-state index contributed by atoms with van der Waals surface area (Å²) >= 11 is 0. The van der Waals surface area contributed by atoms with E-state index in [1.54, 1.807) is 6.20 Å². The lowest BCUT2D eigenvalue weighted by Crippen LogP contribution is -2.01. The third-order valence-corrected chi connectivity index (χ3v) is 7.79. The second kappa shape index (κ2) is 10.0. The van der Waals surface area contributed by atoms with Gasteiger partial charge in [0.25, 0.3) is 0 Å². The molecule has 0 radical (unpaired) electrons. The first-order valence-corrected chi connectivity index (χ1v) is 14.0. The monoisotopic (exact) mass is 536 g/mol. The fourth-order valence-electron chi connectivity index (χ4n) is 5.75. The van der Waals surface area contributed by atoms with Gasteiger partial charge in [0.1, 0.15) is 0 Å². The van der Waals surface area contributed by atoms with Gasteiger partial charge >= 0.3 is 0 Å². The number of nitrogens with zero attached hydrogens (tertiary/aromatic N) is 4. The van der Waals surface area contributed by atoms with Crippen LogP contribution in [-0.4, -0.2) is 19.9 Å². The van der Waals surface area contributed by atoms with Crippen molar-refractivity contribution < 1.29 is 0 Å². The Bertz CT molecular complexity index is 2230. The zero-order chi connectivity index (χ0) is 27.9. The highest BCUT2D eigenvalue weighted by atomic mass is 15.0. The summed E-state index contributed by atoms with van der Waals surface area (Å²) in [5.74, 6) is 1.94. The van der Waals surface area contributed by atoms with E-state index in [2.05, 4.69) is 102 Å². The van der Waals surface area contributed by atoms with Crippen LogP contribution < -0.4 is 0 Å². The van der Waals surface area contributed by atoms with Crippen LogP contribution in [0.3, 0.4) is 0 Å². The van der Waals surface area contributed by atoms with Crippen molar-refractivity contribution in [3.63, 3.8) is 0 Å². The molecule has 2 aromatic heterocycles. The van der Waals surface area contributed by atoms with E-state index in [-0.39, 0.29) is 0 Å². The molecule has 0 saturated heterocycles. The molecule has 6 aromatic carbocycles. The quantitative estimate of drug-likeness (QED) is 0.210.